The van der Waals surface area contributed by atoms with Gasteiger partial charge >= 0.3 is 0 Å². The van der Waals surface area contributed by atoms with Crippen molar-refractivity contribution in [2.45, 2.75) is 26.2 Å². The molecule has 1 aliphatic heterocycles. The number of ether oxygens (including phenoxy) is 1. The summed E-state index contributed by atoms with van der Waals surface area (Å²) in [5.74, 6) is -0.223. The van der Waals surface area contributed by atoms with Gasteiger partial charge in [0.05, 0.1) is 18.1 Å². The smallest absolute Gasteiger partial charge is 0.265 e. The minimum absolute atomic E-state index is 0.756. The maximum absolute atomic E-state index is 11.1. The lowest BCUT2D eigenvalue weighted by Crippen LogP contribution is -2.35. The first kappa shape index (κ1) is 28.0. The average Bonchev–Trinajstić information content (AvgIpc) is 2.76. The van der Waals surface area contributed by atoms with Gasteiger partial charge in [-0.2, -0.15) is 21.6 Å². The van der Waals surface area contributed by atoms with E-state index in [2.05, 4.69) is 11.8 Å². The third-order valence-corrected chi connectivity index (χ3v) is 6.92. The zero-order valence-electron chi connectivity index (χ0n) is 19.1. The van der Waals surface area contributed by atoms with E-state index in [1.807, 2.05) is 36.4 Å². The van der Waals surface area contributed by atoms with E-state index in [1.54, 1.807) is 0 Å². The minimum Gasteiger partial charge on any atom is -0.619 e. The molecule has 2 heterocycles. The summed E-state index contributed by atoms with van der Waals surface area (Å²) in [6.45, 7) is 6.69. The Labute approximate surface area is 201 Å². The Kier molecular flexibility index (Phi) is 10.7. The van der Waals surface area contributed by atoms with Gasteiger partial charge in [-0.05, 0) is 55.0 Å². The Balaban J connectivity index is 0.000000347. The Hall–Kier alpha value is -2.25. The van der Waals surface area contributed by atoms with Crippen LogP contribution in [0.4, 0.5) is 0 Å². The molecule has 2 N–H and O–H groups in total. The fraction of sp³-hybridized carbons (Fsp3) is 0.500. The number of hydrogen-bond acceptors (Lipinski definition) is 7. The molecule has 0 unspecified atom stereocenters. The predicted octanol–water partition coefficient (Wildman–Crippen LogP) is 2.25. The van der Waals surface area contributed by atoms with Gasteiger partial charge in [-0.1, -0.05) is 19.1 Å². The molecule has 1 aromatic heterocycles. The van der Waals surface area contributed by atoms with Crippen molar-refractivity contribution < 1.29 is 35.4 Å². The molecule has 0 spiro atoms. The largest absolute Gasteiger partial charge is 0.619 e. The number of benzene rings is 1. The zero-order valence-corrected chi connectivity index (χ0v) is 20.7. The summed E-state index contributed by atoms with van der Waals surface area (Å²) in [4.78, 5) is 2.55. The Morgan fingerprint density at radius 1 is 1.00 bits per heavy atom. The van der Waals surface area contributed by atoms with Crippen LogP contribution in [0, 0.1) is 11.1 Å². The molecule has 3 rings (SSSR count). The normalized spacial score (nSPS) is 17.0. The van der Waals surface area contributed by atoms with Gasteiger partial charge in [0.2, 0.25) is 0 Å². The number of nitrogens with zero attached hydrogens (tertiary/aromatic N) is 2. The highest BCUT2D eigenvalue weighted by molar-refractivity contribution is 7.89. The number of aromatic nitrogens is 1. The van der Waals surface area contributed by atoms with Gasteiger partial charge in [-0.3, -0.25) is 9.11 Å². The highest BCUT2D eigenvalue weighted by Crippen LogP contribution is 2.21. The minimum atomic E-state index is -4.30. The van der Waals surface area contributed by atoms with Crippen molar-refractivity contribution in [2.75, 3.05) is 37.7 Å². The third-order valence-electron chi connectivity index (χ3n) is 5.22. The van der Waals surface area contributed by atoms with Gasteiger partial charge in [0.15, 0.2) is 12.4 Å². The zero-order chi connectivity index (χ0) is 25.2. The summed E-state index contributed by atoms with van der Waals surface area (Å²) in [5, 5.41) is 11.1. The van der Waals surface area contributed by atoms with Crippen molar-refractivity contribution >= 4 is 20.2 Å². The molecule has 10 nitrogen and oxygen atoms in total. The molecule has 0 radical (unpaired) electrons. The quantitative estimate of drug-likeness (QED) is 0.221. The van der Waals surface area contributed by atoms with Gasteiger partial charge in [0, 0.05) is 25.2 Å². The molecule has 0 aliphatic carbocycles. The molecule has 2 aromatic rings. The molecular weight excluding hydrogens is 484 g/mol. The molecule has 1 atom stereocenters. The van der Waals surface area contributed by atoms with E-state index < -0.39 is 31.7 Å². The van der Waals surface area contributed by atoms with Crippen LogP contribution < -0.4 is 9.47 Å². The van der Waals surface area contributed by atoms with Crippen LogP contribution in [0.15, 0.2) is 48.8 Å². The molecule has 1 saturated heterocycles. The molecule has 12 heteroatoms. The molecule has 0 saturated carbocycles. The van der Waals surface area contributed by atoms with Crippen molar-refractivity contribution in [1.82, 2.24) is 4.90 Å². The second-order valence-corrected chi connectivity index (χ2v) is 11.4. The fourth-order valence-electron chi connectivity index (χ4n) is 3.53. The number of pyridine rings is 1. The third kappa shape index (κ3) is 11.7. The van der Waals surface area contributed by atoms with Crippen LogP contribution in [0.1, 0.15) is 26.2 Å². The van der Waals surface area contributed by atoms with Crippen molar-refractivity contribution in [2.24, 2.45) is 5.92 Å². The van der Waals surface area contributed by atoms with Gasteiger partial charge in [0.1, 0.15) is 5.75 Å². The van der Waals surface area contributed by atoms with Crippen molar-refractivity contribution in [3.8, 4) is 16.9 Å². The van der Waals surface area contributed by atoms with Gasteiger partial charge in [-0.15, -0.1) is 0 Å². The summed E-state index contributed by atoms with van der Waals surface area (Å²) in [7, 11) is -8.59. The average molecular weight is 517 g/mol. The Morgan fingerprint density at radius 3 is 2.09 bits per heavy atom. The maximum Gasteiger partial charge on any atom is 0.265 e. The van der Waals surface area contributed by atoms with Crippen LogP contribution in [0.5, 0.6) is 5.75 Å². The number of piperidine rings is 1. The molecular formula is C22H32N2O8S2. The highest BCUT2D eigenvalue weighted by Gasteiger charge is 2.15. The van der Waals surface area contributed by atoms with E-state index in [-0.39, 0.29) is 0 Å². The van der Waals surface area contributed by atoms with Crippen LogP contribution in [0.3, 0.4) is 0 Å². The molecule has 0 bridgehead atoms. The number of hydrogen-bond donors (Lipinski definition) is 2. The summed E-state index contributed by atoms with van der Waals surface area (Å²) in [5.41, 5.74) is 2.12. The van der Waals surface area contributed by atoms with Gasteiger partial charge in [-0.25, -0.2) is 0 Å². The number of rotatable bonds is 9. The van der Waals surface area contributed by atoms with E-state index in [9.17, 15) is 22.0 Å². The first-order valence-electron chi connectivity index (χ1n) is 11.0. The monoisotopic (exact) mass is 516 g/mol. The summed E-state index contributed by atoms with van der Waals surface area (Å²) in [6, 6.07) is 11.7. The molecule has 1 aliphatic rings. The Bertz CT molecular complexity index is 1060. The maximum atomic E-state index is 11.1. The molecule has 190 valence electrons. The lowest BCUT2D eigenvalue weighted by Gasteiger charge is -2.30. The SMILES string of the molecule is C[C@H]1CCCN(CCCOc2ccc(-c3cc[n+]([O-])cc3)cc2)C1.O=S(=O)(O)CCS(=O)(=O)O. The summed E-state index contributed by atoms with van der Waals surface area (Å²) in [6.07, 6.45) is 6.80. The lowest BCUT2D eigenvalue weighted by atomic mass is 10.0. The first-order chi connectivity index (χ1) is 15.9. The summed E-state index contributed by atoms with van der Waals surface area (Å²) >= 11 is 0. The first-order valence-corrected chi connectivity index (χ1v) is 14.2. The van der Waals surface area contributed by atoms with Gasteiger partial charge in [0.25, 0.3) is 20.2 Å². The standard InChI is InChI=1S/C20H26N2O2.C2H6O6S2/c1-17-4-2-11-21(16-17)12-3-15-24-20-7-5-18(6-8-20)19-9-13-22(23)14-10-19;3-9(4,5)1-2-10(6,7)8/h5-10,13-14,17H,2-4,11-12,15-16H2,1H3;1-2H2,(H,3,4,5)(H,6,7,8)/t17-;/m0./s1. The van der Waals surface area contributed by atoms with Crippen LogP contribution in [-0.4, -0.2) is 68.6 Å². The Morgan fingerprint density at radius 2 is 1.56 bits per heavy atom. The summed E-state index contributed by atoms with van der Waals surface area (Å²) < 4.78 is 62.0. The van der Waals surface area contributed by atoms with Crippen molar-refractivity contribution in [3.05, 3.63) is 54.0 Å². The number of likely N-dealkylation sites (tertiary alicyclic amines) is 1. The van der Waals surface area contributed by atoms with Crippen molar-refractivity contribution in [1.29, 1.82) is 0 Å². The van der Waals surface area contributed by atoms with E-state index >= 15 is 0 Å². The molecule has 1 fully saturated rings. The predicted molar refractivity (Wildman–Crippen MR) is 129 cm³/mol. The van der Waals surface area contributed by atoms with Crippen LogP contribution in [0.25, 0.3) is 11.1 Å². The van der Waals surface area contributed by atoms with E-state index in [4.69, 9.17) is 13.8 Å². The van der Waals surface area contributed by atoms with Crippen molar-refractivity contribution in [3.63, 3.8) is 0 Å². The van der Waals surface area contributed by atoms with E-state index in [0.717, 1.165) is 47.1 Å². The fourth-order valence-corrected chi connectivity index (χ4v) is 5.21. The second kappa shape index (κ2) is 13.0. The van der Waals surface area contributed by atoms with E-state index in [0.29, 0.717) is 0 Å². The molecule has 1 aromatic carbocycles. The van der Waals surface area contributed by atoms with Crippen LogP contribution >= 0.6 is 0 Å². The van der Waals surface area contributed by atoms with Crippen LogP contribution in [-0.2, 0) is 20.2 Å². The molecule has 34 heavy (non-hydrogen) atoms. The topological polar surface area (TPSA) is 148 Å². The van der Waals surface area contributed by atoms with Gasteiger partial charge < -0.3 is 14.8 Å². The van der Waals surface area contributed by atoms with E-state index in [1.165, 1.54) is 38.3 Å². The molecule has 0 amide bonds. The highest BCUT2D eigenvalue weighted by atomic mass is 32.2. The second-order valence-electron chi connectivity index (χ2n) is 8.29. The van der Waals surface area contributed by atoms with Crippen LogP contribution in [0.2, 0.25) is 0 Å². The lowest BCUT2D eigenvalue weighted by molar-refractivity contribution is -0.605.